The molecule has 1 aromatic carbocycles. The zero-order valence-corrected chi connectivity index (χ0v) is 9.28. The van der Waals surface area contributed by atoms with E-state index in [9.17, 15) is 0 Å². The van der Waals surface area contributed by atoms with Crippen LogP contribution >= 0.6 is 11.6 Å². The average molecular weight is 223 g/mol. The van der Waals surface area contributed by atoms with Crippen LogP contribution < -0.4 is 5.73 Å². The SMILES string of the molecule is Cc1nnc(-c2ccc(Cl)c(N)c2)n1C. The van der Waals surface area contributed by atoms with Crippen LogP contribution in [0.25, 0.3) is 11.4 Å². The molecule has 0 unspecified atom stereocenters. The van der Waals surface area contributed by atoms with E-state index < -0.39 is 0 Å². The van der Waals surface area contributed by atoms with Crippen LogP contribution in [0.5, 0.6) is 0 Å². The van der Waals surface area contributed by atoms with Crippen LogP contribution in [0.2, 0.25) is 5.02 Å². The molecule has 0 radical (unpaired) electrons. The van der Waals surface area contributed by atoms with Crippen LogP contribution in [0.4, 0.5) is 5.69 Å². The predicted molar refractivity (Wildman–Crippen MR) is 60.6 cm³/mol. The molecular weight excluding hydrogens is 212 g/mol. The molecule has 0 spiro atoms. The van der Waals surface area contributed by atoms with E-state index >= 15 is 0 Å². The lowest BCUT2D eigenvalue weighted by atomic mass is 10.2. The van der Waals surface area contributed by atoms with Crippen LogP contribution in [0.3, 0.4) is 0 Å². The van der Waals surface area contributed by atoms with Gasteiger partial charge in [0.05, 0.1) is 10.7 Å². The van der Waals surface area contributed by atoms with Crippen molar-refractivity contribution in [3.05, 3.63) is 29.0 Å². The quantitative estimate of drug-likeness (QED) is 0.752. The molecule has 0 saturated carbocycles. The van der Waals surface area contributed by atoms with Crippen LogP contribution in [0.15, 0.2) is 18.2 Å². The van der Waals surface area contributed by atoms with E-state index in [-0.39, 0.29) is 0 Å². The number of nitrogens with zero attached hydrogens (tertiary/aromatic N) is 3. The first kappa shape index (κ1) is 9.98. The fourth-order valence-corrected chi connectivity index (χ4v) is 1.46. The van der Waals surface area contributed by atoms with Crippen molar-refractivity contribution >= 4 is 17.3 Å². The van der Waals surface area contributed by atoms with Crippen LogP contribution in [-0.4, -0.2) is 14.8 Å². The molecule has 0 aliphatic heterocycles. The Balaban J connectivity index is 2.55. The third-order valence-corrected chi connectivity index (χ3v) is 2.69. The van der Waals surface area contributed by atoms with Gasteiger partial charge in [-0.15, -0.1) is 10.2 Å². The third kappa shape index (κ3) is 1.68. The molecule has 5 heteroatoms. The van der Waals surface area contributed by atoms with Crippen molar-refractivity contribution in [2.75, 3.05) is 5.73 Å². The molecule has 0 aliphatic rings. The van der Waals surface area contributed by atoms with Gasteiger partial charge in [0.25, 0.3) is 0 Å². The normalized spacial score (nSPS) is 10.6. The molecule has 78 valence electrons. The highest BCUT2D eigenvalue weighted by Gasteiger charge is 2.08. The second-order valence-electron chi connectivity index (χ2n) is 3.37. The Labute approximate surface area is 92.7 Å². The van der Waals surface area contributed by atoms with Gasteiger partial charge < -0.3 is 10.3 Å². The van der Waals surface area contributed by atoms with E-state index in [1.54, 1.807) is 12.1 Å². The van der Waals surface area contributed by atoms with Crippen molar-refractivity contribution in [1.82, 2.24) is 14.8 Å². The van der Waals surface area contributed by atoms with Gasteiger partial charge in [0.1, 0.15) is 5.82 Å². The summed E-state index contributed by atoms with van der Waals surface area (Å²) in [5.74, 6) is 1.65. The maximum absolute atomic E-state index is 5.85. The molecule has 0 atom stereocenters. The lowest BCUT2D eigenvalue weighted by Gasteiger charge is -2.03. The van der Waals surface area contributed by atoms with E-state index in [1.807, 2.05) is 24.6 Å². The number of benzene rings is 1. The van der Waals surface area contributed by atoms with E-state index in [0.29, 0.717) is 10.7 Å². The Morgan fingerprint density at radius 3 is 2.60 bits per heavy atom. The van der Waals surface area contributed by atoms with Crippen LogP contribution in [-0.2, 0) is 7.05 Å². The Morgan fingerprint density at radius 1 is 1.33 bits per heavy atom. The van der Waals surface area contributed by atoms with E-state index in [0.717, 1.165) is 17.2 Å². The minimum absolute atomic E-state index is 0.551. The largest absolute Gasteiger partial charge is 0.398 e. The molecule has 2 N–H and O–H groups in total. The molecule has 0 fully saturated rings. The van der Waals surface area contributed by atoms with Gasteiger partial charge in [-0.2, -0.15) is 0 Å². The Hall–Kier alpha value is -1.55. The first-order valence-corrected chi connectivity index (χ1v) is 4.89. The summed E-state index contributed by atoms with van der Waals surface area (Å²) in [4.78, 5) is 0. The lowest BCUT2D eigenvalue weighted by molar-refractivity contribution is 0.865. The molecule has 15 heavy (non-hydrogen) atoms. The highest BCUT2D eigenvalue weighted by atomic mass is 35.5. The number of anilines is 1. The molecule has 1 heterocycles. The summed E-state index contributed by atoms with van der Waals surface area (Å²) in [7, 11) is 1.91. The molecule has 4 nitrogen and oxygen atoms in total. The minimum Gasteiger partial charge on any atom is -0.398 e. The first-order valence-electron chi connectivity index (χ1n) is 4.51. The summed E-state index contributed by atoms with van der Waals surface area (Å²) >= 11 is 5.85. The maximum atomic E-state index is 5.85. The van der Waals surface area contributed by atoms with E-state index in [2.05, 4.69) is 10.2 Å². The van der Waals surface area contributed by atoms with Gasteiger partial charge in [0, 0.05) is 12.6 Å². The van der Waals surface area contributed by atoms with Crippen molar-refractivity contribution in [2.24, 2.45) is 7.05 Å². The Morgan fingerprint density at radius 2 is 2.07 bits per heavy atom. The molecule has 0 bridgehead atoms. The van der Waals surface area contributed by atoms with Crippen molar-refractivity contribution in [3.8, 4) is 11.4 Å². The van der Waals surface area contributed by atoms with E-state index in [1.165, 1.54) is 0 Å². The number of nitrogens with two attached hydrogens (primary N) is 1. The number of rotatable bonds is 1. The average Bonchev–Trinajstić information content (AvgIpc) is 2.53. The van der Waals surface area contributed by atoms with Gasteiger partial charge in [-0.3, -0.25) is 0 Å². The van der Waals surface area contributed by atoms with Gasteiger partial charge in [0.2, 0.25) is 0 Å². The van der Waals surface area contributed by atoms with Crippen molar-refractivity contribution in [3.63, 3.8) is 0 Å². The summed E-state index contributed by atoms with van der Waals surface area (Å²) in [5.41, 5.74) is 7.19. The van der Waals surface area contributed by atoms with Crippen molar-refractivity contribution in [1.29, 1.82) is 0 Å². The molecule has 0 amide bonds. The molecule has 0 saturated heterocycles. The van der Waals surface area contributed by atoms with Gasteiger partial charge in [-0.1, -0.05) is 11.6 Å². The number of halogens is 1. The lowest BCUT2D eigenvalue weighted by Crippen LogP contribution is -1.96. The van der Waals surface area contributed by atoms with Crippen LogP contribution in [0, 0.1) is 6.92 Å². The van der Waals surface area contributed by atoms with Gasteiger partial charge >= 0.3 is 0 Å². The first-order chi connectivity index (χ1) is 7.09. The predicted octanol–water partition coefficient (Wildman–Crippen LogP) is 2.03. The van der Waals surface area contributed by atoms with Crippen LogP contribution in [0.1, 0.15) is 5.82 Å². The third-order valence-electron chi connectivity index (χ3n) is 2.35. The molecule has 1 aromatic heterocycles. The second-order valence-corrected chi connectivity index (χ2v) is 3.77. The monoisotopic (exact) mass is 222 g/mol. The van der Waals surface area contributed by atoms with E-state index in [4.69, 9.17) is 17.3 Å². The van der Waals surface area contributed by atoms with Crippen molar-refractivity contribution < 1.29 is 0 Å². The number of nitrogen functional groups attached to an aromatic ring is 1. The molecular formula is C10H11ClN4. The minimum atomic E-state index is 0.551. The number of hydrogen-bond acceptors (Lipinski definition) is 3. The molecule has 2 rings (SSSR count). The smallest absolute Gasteiger partial charge is 0.163 e. The maximum Gasteiger partial charge on any atom is 0.163 e. The van der Waals surface area contributed by atoms with Gasteiger partial charge in [-0.25, -0.2) is 0 Å². The topological polar surface area (TPSA) is 56.7 Å². The zero-order chi connectivity index (χ0) is 11.0. The Bertz CT molecular complexity index is 504. The zero-order valence-electron chi connectivity index (χ0n) is 8.53. The highest BCUT2D eigenvalue weighted by molar-refractivity contribution is 6.33. The fourth-order valence-electron chi connectivity index (χ4n) is 1.34. The fraction of sp³-hybridized carbons (Fsp3) is 0.200. The summed E-state index contributed by atoms with van der Waals surface area (Å²) in [6, 6.07) is 5.43. The Kier molecular flexibility index (Phi) is 2.36. The summed E-state index contributed by atoms with van der Waals surface area (Å²) in [6.07, 6.45) is 0. The number of aromatic nitrogens is 3. The highest BCUT2D eigenvalue weighted by Crippen LogP contribution is 2.25. The molecule has 2 aromatic rings. The van der Waals surface area contributed by atoms with Gasteiger partial charge in [-0.05, 0) is 25.1 Å². The summed E-state index contributed by atoms with van der Waals surface area (Å²) in [6.45, 7) is 1.90. The standard InChI is InChI=1S/C10H11ClN4/c1-6-13-14-10(15(6)2)7-3-4-8(11)9(12)5-7/h3-5H,12H2,1-2H3. The summed E-state index contributed by atoms with van der Waals surface area (Å²) < 4.78 is 1.91. The number of hydrogen-bond donors (Lipinski definition) is 1. The van der Waals surface area contributed by atoms with Gasteiger partial charge in [0.15, 0.2) is 5.82 Å². The summed E-state index contributed by atoms with van der Waals surface area (Å²) in [5, 5.41) is 8.61. The van der Waals surface area contributed by atoms with Crippen molar-refractivity contribution in [2.45, 2.75) is 6.92 Å². The molecule has 0 aliphatic carbocycles. The second kappa shape index (κ2) is 3.55. The number of aryl methyl sites for hydroxylation is 1.